The molecular weight excluding hydrogens is 360 g/mol. The lowest BCUT2D eigenvalue weighted by Crippen LogP contribution is -2.46. The van der Waals surface area contributed by atoms with E-state index in [1.807, 2.05) is 6.07 Å². The minimum atomic E-state index is -0.251. The summed E-state index contributed by atoms with van der Waals surface area (Å²) in [6.07, 6.45) is 9.73. The van der Waals surface area contributed by atoms with E-state index >= 15 is 0 Å². The molecule has 2 aromatic rings. The number of rotatable bonds is 3. The molecule has 2 aromatic heterocycles. The minimum Gasteiger partial charge on any atom is -0.369 e. The maximum absolute atomic E-state index is 12.6. The first-order chi connectivity index (χ1) is 13.2. The lowest BCUT2D eigenvalue weighted by atomic mass is 9.85. The molecule has 5 rings (SSSR count). The van der Waals surface area contributed by atoms with Crippen molar-refractivity contribution in [1.29, 1.82) is 0 Å². The first kappa shape index (κ1) is 17.1. The van der Waals surface area contributed by atoms with Crippen LogP contribution in [0.4, 0.5) is 5.95 Å². The van der Waals surface area contributed by atoms with E-state index in [0.717, 1.165) is 62.6 Å². The fourth-order valence-corrected chi connectivity index (χ4v) is 5.55. The molecule has 2 aliphatic heterocycles. The monoisotopic (exact) mass is 384 g/mol. The number of nitrogens with one attached hydrogen (secondary N) is 1. The fourth-order valence-electron chi connectivity index (χ4n) is 4.24. The molecule has 1 saturated carbocycles. The van der Waals surface area contributed by atoms with Gasteiger partial charge in [0, 0.05) is 36.4 Å². The van der Waals surface area contributed by atoms with Gasteiger partial charge in [-0.25, -0.2) is 9.97 Å². The Morgan fingerprint density at radius 1 is 1.26 bits per heavy atom. The molecule has 2 fully saturated rings. The first-order valence-electron chi connectivity index (χ1n) is 9.83. The summed E-state index contributed by atoms with van der Waals surface area (Å²) in [4.78, 5) is 25.7. The maximum Gasteiger partial charge on any atom is 0.261 e. The maximum atomic E-state index is 12.6. The number of hydrogen-bond acceptors (Lipinski definition) is 6. The fraction of sp³-hybridized carbons (Fsp3) is 0.550. The van der Waals surface area contributed by atoms with Gasteiger partial charge >= 0.3 is 0 Å². The van der Waals surface area contributed by atoms with Crippen molar-refractivity contribution in [2.75, 3.05) is 24.6 Å². The van der Waals surface area contributed by atoms with Crippen molar-refractivity contribution in [2.24, 2.45) is 0 Å². The summed E-state index contributed by atoms with van der Waals surface area (Å²) in [6.45, 7) is 2.46. The van der Waals surface area contributed by atoms with Crippen LogP contribution >= 0.6 is 11.3 Å². The first-order valence-corrected chi connectivity index (χ1v) is 10.7. The van der Waals surface area contributed by atoms with Gasteiger partial charge in [-0.15, -0.1) is 11.3 Å². The number of thiophene rings is 1. The molecule has 3 aliphatic rings. The molecule has 1 amide bonds. The molecule has 1 spiro atoms. The zero-order chi connectivity index (χ0) is 18.3. The number of aromatic nitrogens is 2. The highest BCUT2D eigenvalue weighted by Gasteiger charge is 2.43. The highest BCUT2D eigenvalue weighted by molar-refractivity contribution is 7.14. The predicted octanol–water partition coefficient (Wildman–Crippen LogP) is 2.89. The molecule has 4 heterocycles. The summed E-state index contributed by atoms with van der Waals surface area (Å²) in [5.74, 6) is 0.875. The van der Waals surface area contributed by atoms with Crippen molar-refractivity contribution in [1.82, 2.24) is 15.3 Å². The van der Waals surface area contributed by atoms with Crippen molar-refractivity contribution in [2.45, 2.75) is 50.2 Å². The van der Waals surface area contributed by atoms with Crippen LogP contribution in [0, 0.1) is 0 Å². The van der Waals surface area contributed by atoms with Gasteiger partial charge in [0.2, 0.25) is 5.95 Å². The molecule has 0 atom stereocenters. The normalized spacial score (nSPS) is 21.6. The van der Waals surface area contributed by atoms with Crippen LogP contribution in [0.5, 0.6) is 0 Å². The number of carbonyl (C=O) groups excluding carboxylic acids is 1. The molecule has 0 radical (unpaired) electrons. The van der Waals surface area contributed by atoms with E-state index in [4.69, 9.17) is 4.74 Å². The molecule has 7 heteroatoms. The lowest BCUT2D eigenvalue weighted by Gasteiger charge is -2.43. The van der Waals surface area contributed by atoms with Crippen molar-refractivity contribution in [3.63, 3.8) is 0 Å². The average Bonchev–Trinajstić information content (AvgIpc) is 3.12. The van der Waals surface area contributed by atoms with Crippen LogP contribution in [0.25, 0.3) is 0 Å². The number of anilines is 1. The van der Waals surface area contributed by atoms with Crippen LogP contribution in [-0.4, -0.2) is 41.6 Å². The van der Waals surface area contributed by atoms with Crippen LogP contribution in [0.15, 0.2) is 24.5 Å². The number of fused-ring (bicyclic) bond motifs is 2. The zero-order valence-electron chi connectivity index (χ0n) is 15.3. The lowest BCUT2D eigenvalue weighted by molar-refractivity contribution is -0.0736. The Kier molecular flexibility index (Phi) is 4.36. The number of piperidine rings is 1. The summed E-state index contributed by atoms with van der Waals surface area (Å²) in [6, 6.07) is 4.31. The van der Waals surface area contributed by atoms with E-state index in [1.165, 1.54) is 16.9 Å². The van der Waals surface area contributed by atoms with Crippen LogP contribution < -0.4 is 10.2 Å². The summed E-state index contributed by atoms with van der Waals surface area (Å²) in [5.41, 5.74) is 1.05. The van der Waals surface area contributed by atoms with E-state index in [2.05, 4.69) is 26.3 Å². The third-order valence-corrected chi connectivity index (χ3v) is 7.40. The van der Waals surface area contributed by atoms with Crippen LogP contribution in [0.1, 0.15) is 52.2 Å². The summed E-state index contributed by atoms with van der Waals surface area (Å²) in [7, 11) is 0. The Morgan fingerprint density at radius 2 is 2.04 bits per heavy atom. The number of hydrogen-bond donors (Lipinski definition) is 1. The van der Waals surface area contributed by atoms with Crippen molar-refractivity contribution < 1.29 is 9.53 Å². The highest BCUT2D eigenvalue weighted by atomic mass is 32.1. The van der Waals surface area contributed by atoms with Gasteiger partial charge in [-0.1, -0.05) is 0 Å². The molecular formula is C20H24N4O2S. The average molecular weight is 385 g/mol. The smallest absolute Gasteiger partial charge is 0.261 e. The van der Waals surface area contributed by atoms with Gasteiger partial charge in [0.1, 0.15) is 5.60 Å². The summed E-state index contributed by atoms with van der Waals surface area (Å²) >= 11 is 1.64. The SMILES string of the molecule is O=C(NC1CCC1)c1cc2c(s1)C1(CCN(c3ncccn3)CC1)OCC2. The summed E-state index contributed by atoms with van der Waals surface area (Å²) < 4.78 is 6.33. The number of amides is 1. The topological polar surface area (TPSA) is 67.4 Å². The molecule has 0 aromatic carbocycles. The second-order valence-electron chi connectivity index (χ2n) is 7.69. The molecule has 27 heavy (non-hydrogen) atoms. The number of ether oxygens (including phenoxy) is 1. The van der Waals surface area contributed by atoms with Gasteiger partial charge in [-0.05, 0) is 56.2 Å². The molecule has 0 unspecified atom stereocenters. The van der Waals surface area contributed by atoms with E-state index in [1.54, 1.807) is 23.7 Å². The number of nitrogens with zero attached hydrogens (tertiary/aromatic N) is 3. The molecule has 1 saturated heterocycles. The van der Waals surface area contributed by atoms with Crippen molar-refractivity contribution in [3.8, 4) is 0 Å². The quantitative estimate of drug-likeness (QED) is 0.881. The molecule has 142 valence electrons. The molecule has 1 aliphatic carbocycles. The Hall–Kier alpha value is -1.99. The van der Waals surface area contributed by atoms with Gasteiger partial charge in [0.25, 0.3) is 5.91 Å². The standard InChI is InChI=1S/C20H24N4O2S/c25-18(23-15-3-1-4-15)16-13-14-5-12-26-20(17(14)27-16)6-10-24(11-7-20)19-21-8-2-9-22-19/h2,8-9,13,15H,1,3-7,10-12H2,(H,23,25). The minimum absolute atomic E-state index is 0.0874. The third kappa shape index (κ3) is 3.12. The Labute approximate surface area is 163 Å². The van der Waals surface area contributed by atoms with Gasteiger partial charge in [0.05, 0.1) is 11.5 Å². The zero-order valence-corrected chi connectivity index (χ0v) is 16.1. The van der Waals surface area contributed by atoms with Gasteiger partial charge in [0.15, 0.2) is 0 Å². The van der Waals surface area contributed by atoms with Gasteiger partial charge in [-0.3, -0.25) is 4.79 Å². The molecule has 6 nitrogen and oxygen atoms in total. The van der Waals surface area contributed by atoms with E-state index < -0.39 is 0 Å². The van der Waals surface area contributed by atoms with Crippen LogP contribution in [0.2, 0.25) is 0 Å². The molecule has 0 bridgehead atoms. The summed E-state index contributed by atoms with van der Waals surface area (Å²) in [5, 5.41) is 3.17. The van der Waals surface area contributed by atoms with Gasteiger partial charge in [-0.2, -0.15) is 0 Å². The van der Waals surface area contributed by atoms with Crippen LogP contribution in [0.3, 0.4) is 0 Å². The highest BCUT2D eigenvalue weighted by Crippen LogP contribution is 2.45. The Bertz CT molecular complexity index is 826. The van der Waals surface area contributed by atoms with E-state index in [9.17, 15) is 4.79 Å². The largest absolute Gasteiger partial charge is 0.369 e. The third-order valence-electron chi connectivity index (χ3n) is 6.04. The van der Waals surface area contributed by atoms with Gasteiger partial charge < -0.3 is 15.0 Å². The predicted molar refractivity (Wildman–Crippen MR) is 104 cm³/mol. The number of carbonyl (C=O) groups is 1. The van der Waals surface area contributed by atoms with E-state index in [0.29, 0.717) is 6.04 Å². The van der Waals surface area contributed by atoms with Crippen LogP contribution in [-0.2, 0) is 16.8 Å². The van der Waals surface area contributed by atoms with Crippen molar-refractivity contribution >= 4 is 23.2 Å². The second-order valence-corrected chi connectivity index (χ2v) is 8.75. The van der Waals surface area contributed by atoms with E-state index in [-0.39, 0.29) is 11.5 Å². The Morgan fingerprint density at radius 3 is 2.74 bits per heavy atom. The Balaban J connectivity index is 1.34. The molecule has 1 N–H and O–H groups in total. The van der Waals surface area contributed by atoms with Crippen molar-refractivity contribution in [3.05, 3.63) is 39.8 Å². The second kappa shape index (κ2) is 6.87.